The van der Waals surface area contributed by atoms with Gasteiger partial charge < -0.3 is 19.1 Å². The van der Waals surface area contributed by atoms with Crippen molar-refractivity contribution in [3.05, 3.63) is 63.2 Å². The molecule has 1 aliphatic heterocycles. The predicted octanol–water partition coefficient (Wildman–Crippen LogP) is 1.80. The van der Waals surface area contributed by atoms with Crippen LogP contribution in [-0.2, 0) is 23.4 Å². The third kappa shape index (κ3) is 6.70. The molecule has 37 heavy (non-hydrogen) atoms. The topological polar surface area (TPSA) is 158 Å². The predicted molar refractivity (Wildman–Crippen MR) is 125 cm³/mol. The van der Waals surface area contributed by atoms with Crippen molar-refractivity contribution in [3.8, 4) is 5.75 Å². The average molecular weight is 547 g/mol. The Morgan fingerprint density at radius 1 is 1.30 bits per heavy atom. The number of hydrogen-bond acceptors (Lipinski definition) is 9. The highest BCUT2D eigenvalue weighted by molar-refractivity contribution is 7.52. The monoisotopic (exact) mass is 547 g/mol. The van der Waals surface area contributed by atoms with Crippen LogP contribution < -0.4 is 20.9 Å². The molecule has 0 spiro atoms. The number of aromatic nitrogens is 2. The summed E-state index contributed by atoms with van der Waals surface area (Å²) in [6, 6.07) is 6.66. The second kappa shape index (κ2) is 11.2. The molecule has 0 radical (unpaired) electrons. The molecule has 1 aromatic heterocycles. The first-order valence-corrected chi connectivity index (χ1v) is 12.8. The zero-order chi connectivity index (χ0) is 27.5. The number of carbonyl (C=O) groups is 1. The van der Waals surface area contributed by atoms with Gasteiger partial charge in [0.25, 0.3) is 5.56 Å². The van der Waals surface area contributed by atoms with E-state index in [1.54, 1.807) is 37.0 Å². The second-order valence-electron chi connectivity index (χ2n) is 8.80. The zero-order valence-corrected chi connectivity index (χ0v) is 21.3. The largest absolute Gasteiger partial charge is 0.462 e. The summed E-state index contributed by atoms with van der Waals surface area (Å²) in [5.41, 5.74) is -5.14. The summed E-state index contributed by atoms with van der Waals surface area (Å²) < 4.78 is 64.6. The molecule has 1 aliphatic rings. The van der Waals surface area contributed by atoms with Crippen LogP contribution in [0.2, 0.25) is 0 Å². The maximum atomic E-state index is 15.4. The minimum absolute atomic E-state index is 0.110. The number of halogens is 2. The molecule has 1 aromatic carbocycles. The van der Waals surface area contributed by atoms with E-state index < -0.39 is 73.6 Å². The van der Waals surface area contributed by atoms with E-state index in [0.717, 1.165) is 6.92 Å². The van der Waals surface area contributed by atoms with Gasteiger partial charge in [0.05, 0.1) is 18.9 Å². The lowest BCUT2D eigenvalue weighted by Gasteiger charge is -2.25. The normalized spacial score (nSPS) is 26.0. The fraction of sp³-hybridized carbons (Fsp3) is 0.500. The molecule has 0 bridgehead atoms. The van der Waals surface area contributed by atoms with Gasteiger partial charge in [0.15, 0.2) is 11.9 Å². The van der Waals surface area contributed by atoms with E-state index in [9.17, 15) is 28.4 Å². The van der Waals surface area contributed by atoms with E-state index >= 15 is 4.39 Å². The zero-order valence-electron chi connectivity index (χ0n) is 20.4. The van der Waals surface area contributed by atoms with E-state index in [4.69, 9.17) is 18.5 Å². The minimum atomic E-state index is -4.37. The van der Waals surface area contributed by atoms with Crippen LogP contribution in [0.4, 0.5) is 8.78 Å². The van der Waals surface area contributed by atoms with Crippen molar-refractivity contribution in [2.75, 3.05) is 6.61 Å². The highest BCUT2D eigenvalue weighted by Crippen LogP contribution is 2.47. The van der Waals surface area contributed by atoms with Crippen LogP contribution in [0.25, 0.3) is 0 Å². The number of aromatic amines is 1. The number of nitrogens with one attached hydrogen (secondary N) is 2. The van der Waals surface area contributed by atoms with Crippen molar-refractivity contribution in [2.24, 2.45) is 0 Å². The molecule has 0 amide bonds. The lowest BCUT2D eigenvalue weighted by Crippen LogP contribution is -2.44. The smallest absolute Gasteiger partial charge is 0.459 e. The molecule has 2 unspecified atom stereocenters. The number of hydrogen-bond donors (Lipinski definition) is 3. The lowest BCUT2D eigenvalue weighted by atomic mass is 9.98. The highest BCUT2D eigenvalue weighted by Gasteiger charge is 2.56. The maximum Gasteiger partial charge on any atom is 0.459 e. The van der Waals surface area contributed by atoms with Crippen LogP contribution in [-0.4, -0.2) is 57.3 Å². The van der Waals surface area contributed by atoms with Crippen LogP contribution in [0.15, 0.2) is 46.1 Å². The van der Waals surface area contributed by atoms with Gasteiger partial charge in [-0.1, -0.05) is 18.2 Å². The number of aliphatic hydroxyl groups excluding tert-OH is 1. The van der Waals surface area contributed by atoms with Gasteiger partial charge in [-0.3, -0.25) is 23.7 Å². The van der Waals surface area contributed by atoms with Gasteiger partial charge in [-0.25, -0.2) is 13.8 Å². The van der Waals surface area contributed by atoms with Crippen molar-refractivity contribution in [3.63, 3.8) is 0 Å². The number of alkyl halides is 1. The maximum absolute atomic E-state index is 15.4. The van der Waals surface area contributed by atoms with Crippen LogP contribution in [0, 0.1) is 5.82 Å². The number of carbonyl (C=O) groups excluding carboxylic acids is 1. The fourth-order valence-electron chi connectivity index (χ4n) is 3.49. The number of benzene rings is 1. The summed E-state index contributed by atoms with van der Waals surface area (Å²) in [6.07, 6.45) is -5.32. The molecule has 0 saturated carbocycles. The third-order valence-corrected chi connectivity index (χ3v) is 6.97. The first-order valence-electron chi connectivity index (χ1n) is 11.2. The molecule has 2 heterocycles. The molecule has 15 heteroatoms. The number of H-pyrrole nitrogens is 1. The first kappa shape index (κ1) is 28.7. The van der Waals surface area contributed by atoms with Gasteiger partial charge in [0, 0.05) is 0 Å². The van der Waals surface area contributed by atoms with Gasteiger partial charge in [0.2, 0.25) is 5.82 Å². The number of nitrogens with zero attached hydrogens (tertiary/aromatic N) is 1. The fourth-order valence-corrected chi connectivity index (χ4v) is 4.99. The Kier molecular flexibility index (Phi) is 8.70. The van der Waals surface area contributed by atoms with Crippen molar-refractivity contribution in [1.82, 2.24) is 14.6 Å². The summed E-state index contributed by atoms with van der Waals surface area (Å²) in [7, 11) is -4.37. The van der Waals surface area contributed by atoms with Crippen molar-refractivity contribution < 1.29 is 41.8 Å². The van der Waals surface area contributed by atoms with E-state index in [0.29, 0.717) is 10.8 Å². The van der Waals surface area contributed by atoms with E-state index in [1.165, 1.54) is 19.1 Å². The lowest BCUT2D eigenvalue weighted by molar-refractivity contribution is -0.149. The Morgan fingerprint density at radius 2 is 1.95 bits per heavy atom. The van der Waals surface area contributed by atoms with Gasteiger partial charge in [-0.05, 0) is 39.8 Å². The summed E-state index contributed by atoms with van der Waals surface area (Å²) in [4.78, 5) is 37.4. The minimum Gasteiger partial charge on any atom is -0.462 e. The van der Waals surface area contributed by atoms with Crippen LogP contribution in [0.1, 0.15) is 33.9 Å². The van der Waals surface area contributed by atoms with Crippen molar-refractivity contribution in [1.29, 1.82) is 0 Å². The van der Waals surface area contributed by atoms with E-state index in [2.05, 4.69) is 5.09 Å². The molecule has 2 aromatic rings. The quantitative estimate of drug-likeness (QED) is 0.296. The first-order chi connectivity index (χ1) is 17.2. The molecule has 204 valence electrons. The molecule has 1 saturated heterocycles. The van der Waals surface area contributed by atoms with Crippen molar-refractivity contribution >= 4 is 13.7 Å². The number of esters is 1. The van der Waals surface area contributed by atoms with E-state index in [1.807, 2.05) is 0 Å². The molecule has 12 nitrogen and oxygen atoms in total. The summed E-state index contributed by atoms with van der Waals surface area (Å²) in [6.45, 7) is 4.79. The Labute approximate surface area is 210 Å². The molecular weight excluding hydrogens is 519 g/mol. The standard InChI is InChI=1S/C22H28F2N3O9P/c1-12(2)34-19(30)13(3)26-37(32,36-14-8-6-5-7-9-14)33-11-16-17(28)22(4,24)20(35-16)27-10-15(23)18(29)25-21(27)31/h5-10,12-13,16-17,20,28H,11H2,1-4H3,(H,26,32)(H,25,29,31)/t13-,16+,17?,20+,22+,37?/m0/s1. The molecular formula is C22H28F2N3O9P. The average Bonchev–Trinajstić information content (AvgIpc) is 3.03. The number of para-hydroxylation sites is 1. The number of ether oxygens (including phenoxy) is 2. The Bertz CT molecular complexity index is 1270. The SMILES string of the molecule is CC(C)OC(=O)[C@H](C)NP(=O)(OC[C@H]1O[C@@H](n2cc(F)c(=O)[nH]c2=O)[C@](C)(F)C1O)Oc1ccccc1. The Balaban J connectivity index is 1.82. The Hall–Kier alpha value is -2.90. The van der Waals surface area contributed by atoms with Gasteiger partial charge in [-0.15, -0.1) is 0 Å². The van der Waals surface area contributed by atoms with Crippen molar-refractivity contribution in [2.45, 2.75) is 63.9 Å². The summed E-state index contributed by atoms with van der Waals surface area (Å²) in [5.74, 6) is -2.01. The van der Waals surface area contributed by atoms with Gasteiger partial charge in [-0.2, -0.15) is 9.48 Å². The highest BCUT2D eigenvalue weighted by atomic mass is 31.2. The molecule has 1 fully saturated rings. The number of rotatable bonds is 10. The van der Waals surface area contributed by atoms with Crippen LogP contribution in [0.3, 0.4) is 0 Å². The molecule has 6 atom stereocenters. The number of aliphatic hydroxyl groups is 1. The molecule has 3 rings (SSSR count). The van der Waals surface area contributed by atoms with Crippen LogP contribution in [0.5, 0.6) is 5.75 Å². The molecule has 3 N–H and O–H groups in total. The second-order valence-corrected chi connectivity index (χ2v) is 10.5. The van der Waals surface area contributed by atoms with Crippen LogP contribution >= 0.6 is 7.75 Å². The van der Waals surface area contributed by atoms with Gasteiger partial charge >= 0.3 is 19.4 Å². The van der Waals surface area contributed by atoms with Gasteiger partial charge in [0.1, 0.15) is 24.0 Å². The summed E-state index contributed by atoms with van der Waals surface area (Å²) >= 11 is 0. The Morgan fingerprint density at radius 3 is 2.57 bits per heavy atom. The summed E-state index contributed by atoms with van der Waals surface area (Å²) in [5, 5.41) is 13.0. The molecule has 0 aliphatic carbocycles. The third-order valence-electron chi connectivity index (χ3n) is 5.33. The van der Waals surface area contributed by atoms with E-state index in [-0.39, 0.29) is 5.75 Å².